The number of nitrogen functional groups attached to an aromatic ring is 1. The summed E-state index contributed by atoms with van der Waals surface area (Å²) in [6.07, 6.45) is 0. The third kappa shape index (κ3) is 9.13. The molecular formula is C25H35NO2. The number of anilines is 1. The summed E-state index contributed by atoms with van der Waals surface area (Å²) in [6, 6.07) is 25.0. The van der Waals surface area contributed by atoms with Gasteiger partial charge in [-0.15, -0.1) is 0 Å². The zero-order valence-electron chi connectivity index (χ0n) is 18.1. The van der Waals surface area contributed by atoms with Gasteiger partial charge in [-0.3, -0.25) is 0 Å². The van der Waals surface area contributed by atoms with Crippen LogP contribution in [0.1, 0.15) is 47.1 Å². The molecule has 0 amide bonds. The molecule has 0 unspecified atom stereocenters. The summed E-state index contributed by atoms with van der Waals surface area (Å²) < 4.78 is 11.5. The van der Waals surface area contributed by atoms with E-state index in [2.05, 4.69) is 0 Å². The van der Waals surface area contributed by atoms with Crippen LogP contribution < -0.4 is 15.2 Å². The second kappa shape index (κ2) is 16.2. The molecule has 152 valence electrons. The van der Waals surface area contributed by atoms with E-state index in [0.29, 0.717) is 18.0 Å². The molecule has 0 bridgehead atoms. The second-order valence-electron chi connectivity index (χ2n) is 4.89. The molecule has 2 N–H and O–H groups in total. The molecule has 0 saturated carbocycles. The minimum absolute atomic E-state index is 0.548. The van der Waals surface area contributed by atoms with Gasteiger partial charge in [0.2, 0.25) is 0 Å². The number of hydrogen-bond donors (Lipinski definition) is 1. The van der Waals surface area contributed by atoms with Gasteiger partial charge in [-0.25, -0.2) is 0 Å². The smallest absolute Gasteiger partial charge is 0.150 e. The first-order chi connectivity index (χ1) is 13.8. The van der Waals surface area contributed by atoms with Crippen molar-refractivity contribution >= 4 is 5.69 Å². The van der Waals surface area contributed by atoms with Gasteiger partial charge < -0.3 is 15.2 Å². The highest BCUT2D eigenvalue weighted by Crippen LogP contribution is 2.28. The fourth-order valence-corrected chi connectivity index (χ4v) is 2.05. The van der Waals surface area contributed by atoms with Crippen LogP contribution in [0.15, 0.2) is 78.9 Å². The van der Waals surface area contributed by atoms with E-state index in [1.165, 1.54) is 0 Å². The Morgan fingerprint density at radius 3 is 1.68 bits per heavy atom. The lowest BCUT2D eigenvalue weighted by Gasteiger charge is -2.10. The highest BCUT2D eigenvalue weighted by atomic mass is 16.5. The Bertz CT molecular complexity index is 725. The standard InChI is InChI=1S/C19H17NO2.3C2H6/c20-18-8-4-5-9-19(18)22-17-12-10-16(11-13-17)21-14-15-6-2-1-3-7-15;3*1-2/h1-13H,14,20H2;3*1-2H3. The molecule has 0 aromatic heterocycles. The number of hydrogen-bond acceptors (Lipinski definition) is 3. The van der Waals surface area contributed by atoms with E-state index in [-0.39, 0.29) is 0 Å². The summed E-state index contributed by atoms with van der Waals surface area (Å²) >= 11 is 0. The van der Waals surface area contributed by atoms with E-state index in [9.17, 15) is 0 Å². The third-order valence-corrected chi connectivity index (χ3v) is 3.22. The maximum Gasteiger partial charge on any atom is 0.150 e. The first-order valence-electron chi connectivity index (χ1n) is 10.1. The maximum absolute atomic E-state index is 5.86. The Hall–Kier alpha value is -2.94. The molecule has 0 aliphatic carbocycles. The molecule has 0 fully saturated rings. The normalized spacial score (nSPS) is 8.64. The average Bonchev–Trinajstić information content (AvgIpc) is 2.80. The fraction of sp³-hybridized carbons (Fsp3) is 0.280. The highest BCUT2D eigenvalue weighted by molar-refractivity contribution is 5.53. The van der Waals surface area contributed by atoms with Crippen LogP contribution in [0.2, 0.25) is 0 Å². The molecule has 0 atom stereocenters. The van der Waals surface area contributed by atoms with Gasteiger partial charge in [0, 0.05) is 0 Å². The van der Waals surface area contributed by atoms with Crippen LogP contribution in [0.3, 0.4) is 0 Å². The number of rotatable bonds is 5. The first kappa shape index (κ1) is 25.1. The van der Waals surface area contributed by atoms with Crippen molar-refractivity contribution in [3.05, 3.63) is 84.4 Å². The van der Waals surface area contributed by atoms with E-state index >= 15 is 0 Å². The number of ether oxygens (including phenoxy) is 2. The maximum atomic E-state index is 5.86. The molecule has 3 nitrogen and oxygen atoms in total. The van der Waals surface area contributed by atoms with E-state index in [4.69, 9.17) is 15.2 Å². The van der Waals surface area contributed by atoms with Crippen molar-refractivity contribution in [2.45, 2.75) is 48.1 Å². The van der Waals surface area contributed by atoms with Crippen LogP contribution in [0.4, 0.5) is 5.69 Å². The van der Waals surface area contributed by atoms with Crippen molar-refractivity contribution < 1.29 is 9.47 Å². The molecule has 0 aliphatic rings. The molecule has 0 aliphatic heterocycles. The van der Waals surface area contributed by atoms with E-state index in [0.717, 1.165) is 17.1 Å². The van der Waals surface area contributed by atoms with E-state index < -0.39 is 0 Å². The minimum atomic E-state index is 0.548. The van der Waals surface area contributed by atoms with Crippen LogP contribution >= 0.6 is 0 Å². The van der Waals surface area contributed by atoms with Crippen LogP contribution in [0, 0.1) is 0 Å². The van der Waals surface area contributed by atoms with Crippen molar-refractivity contribution in [2.75, 3.05) is 5.73 Å². The number of benzene rings is 3. The van der Waals surface area contributed by atoms with Crippen molar-refractivity contribution in [1.29, 1.82) is 0 Å². The average molecular weight is 382 g/mol. The number of para-hydroxylation sites is 2. The summed E-state index contributed by atoms with van der Waals surface area (Å²) in [7, 11) is 0. The van der Waals surface area contributed by atoms with E-state index in [1.807, 2.05) is 120 Å². The van der Waals surface area contributed by atoms with Crippen LogP contribution in [-0.2, 0) is 6.61 Å². The van der Waals surface area contributed by atoms with Crippen molar-refractivity contribution in [2.24, 2.45) is 0 Å². The van der Waals surface area contributed by atoms with Gasteiger partial charge in [0.15, 0.2) is 0 Å². The third-order valence-electron chi connectivity index (χ3n) is 3.22. The van der Waals surface area contributed by atoms with Crippen molar-refractivity contribution in [3.63, 3.8) is 0 Å². The summed E-state index contributed by atoms with van der Waals surface area (Å²) in [5, 5.41) is 0. The lowest BCUT2D eigenvalue weighted by Crippen LogP contribution is -1.95. The van der Waals surface area contributed by atoms with Crippen LogP contribution in [0.5, 0.6) is 17.2 Å². The molecule has 3 aromatic rings. The Balaban J connectivity index is 0.00000111. The largest absolute Gasteiger partial charge is 0.489 e. The quantitative estimate of drug-likeness (QED) is 0.460. The van der Waals surface area contributed by atoms with Gasteiger partial charge in [-0.05, 0) is 42.0 Å². The molecule has 0 heterocycles. The van der Waals surface area contributed by atoms with Gasteiger partial charge in [-0.1, -0.05) is 84.0 Å². The van der Waals surface area contributed by atoms with Gasteiger partial charge in [0.1, 0.15) is 23.9 Å². The molecule has 0 radical (unpaired) electrons. The zero-order chi connectivity index (χ0) is 21.2. The van der Waals surface area contributed by atoms with Gasteiger partial charge in [-0.2, -0.15) is 0 Å². The van der Waals surface area contributed by atoms with E-state index in [1.54, 1.807) is 0 Å². The molecule has 0 spiro atoms. The van der Waals surface area contributed by atoms with Gasteiger partial charge in [0.05, 0.1) is 5.69 Å². The Labute approximate surface area is 171 Å². The van der Waals surface area contributed by atoms with Crippen LogP contribution in [0.25, 0.3) is 0 Å². The first-order valence-corrected chi connectivity index (χ1v) is 10.1. The summed E-state index contributed by atoms with van der Waals surface area (Å²) in [5.41, 5.74) is 7.62. The van der Waals surface area contributed by atoms with Gasteiger partial charge >= 0.3 is 0 Å². The second-order valence-corrected chi connectivity index (χ2v) is 4.89. The fourth-order valence-electron chi connectivity index (χ4n) is 2.05. The zero-order valence-corrected chi connectivity index (χ0v) is 18.1. The van der Waals surface area contributed by atoms with Crippen LogP contribution in [-0.4, -0.2) is 0 Å². The highest BCUT2D eigenvalue weighted by Gasteiger charge is 2.02. The predicted molar refractivity (Wildman–Crippen MR) is 122 cm³/mol. The molecule has 28 heavy (non-hydrogen) atoms. The Kier molecular flexibility index (Phi) is 14.5. The molecule has 0 saturated heterocycles. The Morgan fingerprint density at radius 1 is 0.607 bits per heavy atom. The number of nitrogens with two attached hydrogens (primary N) is 1. The summed E-state index contributed by atoms with van der Waals surface area (Å²) in [5.74, 6) is 2.18. The van der Waals surface area contributed by atoms with Crippen molar-refractivity contribution in [1.82, 2.24) is 0 Å². The minimum Gasteiger partial charge on any atom is -0.489 e. The molecule has 3 heteroatoms. The van der Waals surface area contributed by atoms with Gasteiger partial charge in [0.25, 0.3) is 0 Å². The lowest BCUT2D eigenvalue weighted by molar-refractivity contribution is 0.306. The lowest BCUT2D eigenvalue weighted by atomic mass is 10.2. The molecular weight excluding hydrogens is 346 g/mol. The molecule has 3 rings (SSSR count). The molecule has 3 aromatic carbocycles. The topological polar surface area (TPSA) is 44.5 Å². The summed E-state index contributed by atoms with van der Waals surface area (Å²) in [4.78, 5) is 0. The monoisotopic (exact) mass is 381 g/mol. The SMILES string of the molecule is CC.CC.CC.Nc1ccccc1Oc1ccc(OCc2ccccc2)cc1. The predicted octanol–water partition coefficient (Wildman–Crippen LogP) is 7.72. The Morgan fingerprint density at radius 2 is 1.11 bits per heavy atom. The van der Waals surface area contributed by atoms with Crippen molar-refractivity contribution in [3.8, 4) is 17.2 Å². The summed E-state index contributed by atoms with van der Waals surface area (Å²) in [6.45, 7) is 12.5.